The maximum absolute atomic E-state index is 6.11. The average Bonchev–Trinajstić information content (AvgIpc) is 3.17. The van der Waals surface area contributed by atoms with Crippen molar-refractivity contribution in [2.24, 2.45) is 5.10 Å². The Hall–Kier alpha value is -5.07. The van der Waals surface area contributed by atoms with Gasteiger partial charge in [0.15, 0.2) is 0 Å². The lowest BCUT2D eigenvalue weighted by Crippen LogP contribution is -2.33. The van der Waals surface area contributed by atoms with Crippen LogP contribution in [0.25, 0.3) is 0 Å². The van der Waals surface area contributed by atoms with E-state index in [2.05, 4.69) is 89.6 Å². The number of hydrogen-bond donors (Lipinski definition) is 0. The Morgan fingerprint density at radius 2 is 1.12 bits per heavy atom. The molecule has 0 aromatic heterocycles. The highest BCUT2D eigenvalue weighted by Gasteiger charge is 2.13. The van der Waals surface area contributed by atoms with E-state index in [0.717, 1.165) is 63.9 Å². The van der Waals surface area contributed by atoms with Gasteiger partial charge in [-0.05, 0) is 115 Å². The second-order valence-corrected chi connectivity index (χ2v) is 12.4. The summed E-state index contributed by atoms with van der Waals surface area (Å²) in [5.74, 6) is 2.56. The first-order chi connectivity index (χ1) is 24.2. The van der Waals surface area contributed by atoms with Crippen molar-refractivity contribution in [1.82, 2.24) is 4.90 Å². The first kappa shape index (κ1) is 33.8. The molecule has 0 bridgehead atoms. The molecule has 0 atom stereocenters. The Labute approximate surface area is 291 Å². The summed E-state index contributed by atoms with van der Waals surface area (Å²) in [6.45, 7) is 7.89. The van der Waals surface area contributed by atoms with E-state index in [1.54, 1.807) is 0 Å². The van der Waals surface area contributed by atoms with Crippen LogP contribution in [0.3, 0.4) is 0 Å². The number of hydrogen-bond acceptors (Lipinski definition) is 6. The Balaban J connectivity index is 1.15. The van der Waals surface area contributed by atoms with Gasteiger partial charge < -0.3 is 14.2 Å². The van der Waals surface area contributed by atoms with Crippen molar-refractivity contribution in [1.29, 1.82) is 0 Å². The van der Waals surface area contributed by atoms with Crippen LogP contribution >= 0.6 is 0 Å². The van der Waals surface area contributed by atoms with Gasteiger partial charge in [-0.3, -0.25) is 9.91 Å². The Bertz CT molecular complexity index is 1700. The quantitative estimate of drug-likeness (QED) is 0.0784. The molecule has 0 unspecified atom stereocenters. The SMILES string of the molecule is CCC(=NN(Cc1ccc(OCCN2CCCCC2)cc1)c1ccc(OCc2ccccc2)cc1)c1ccc(OCc2ccccc2)cc1. The van der Waals surface area contributed by atoms with Gasteiger partial charge in [0, 0.05) is 6.54 Å². The van der Waals surface area contributed by atoms with E-state index in [-0.39, 0.29) is 0 Å². The van der Waals surface area contributed by atoms with Gasteiger partial charge in [0.2, 0.25) is 0 Å². The highest BCUT2D eigenvalue weighted by Crippen LogP contribution is 2.25. The van der Waals surface area contributed by atoms with Crippen molar-refractivity contribution in [3.63, 3.8) is 0 Å². The van der Waals surface area contributed by atoms with E-state index >= 15 is 0 Å². The lowest BCUT2D eigenvalue weighted by Gasteiger charge is -2.26. The van der Waals surface area contributed by atoms with Crippen molar-refractivity contribution in [3.8, 4) is 17.2 Å². The van der Waals surface area contributed by atoms with E-state index < -0.39 is 0 Å². The van der Waals surface area contributed by atoms with Crippen molar-refractivity contribution in [2.75, 3.05) is 31.3 Å². The Kier molecular flexibility index (Phi) is 12.4. The molecular weight excluding hydrogens is 606 g/mol. The van der Waals surface area contributed by atoms with Crippen LogP contribution in [0.1, 0.15) is 54.9 Å². The van der Waals surface area contributed by atoms with Crippen molar-refractivity contribution < 1.29 is 14.2 Å². The molecule has 6 nitrogen and oxygen atoms in total. The summed E-state index contributed by atoms with van der Waals surface area (Å²) < 4.78 is 18.2. The lowest BCUT2D eigenvalue weighted by atomic mass is 10.1. The molecule has 0 saturated carbocycles. The predicted octanol–water partition coefficient (Wildman–Crippen LogP) is 9.53. The second-order valence-electron chi connectivity index (χ2n) is 12.4. The summed E-state index contributed by atoms with van der Waals surface area (Å²) in [5, 5.41) is 7.31. The number of likely N-dealkylation sites (tertiary alicyclic amines) is 1. The molecule has 0 N–H and O–H groups in total. The molecule has 5 aromatic rings. The van der Waals surface area contributed by atoms with Gasteiger partial charge >= 0.3 is 0 Å². The summed E-state index contributed by atoms with van der Waals surface area (Å²) in [5.41, 5.74) is 6.49. The average molecular weight is 654 g/mol. The van der Waals surface area contributed by atoms with E-state index in [4.69, 9.17) is 19.3 Å². The summed E-state index contributed by atoms with van der Waals surface area (Å²) in [7, 11) is 0. The standard InChI is InChI=1S/C43H47N3O3/c1-2-43(38-18-24-41(25-19-38)48-33-36-12-6-3-7-13-36)44-46(39-20-26-42(27-21-39)49-34-37-14-8-4-9-15-37)32-35-16-22-40(23-17-35)47-31-30-45-28-10-5-11-29-45/h3-4,6-9,12-27H,2,5,10-11,28-34H2,1H3. The molecule has 6 rings (SSSR count). The summed E-state index contributed by atoms with van der Waals surface area (Å²) in [4.78, 5) is 2.50. The third-order valence-electron chi connectivity index (χ3n) is 8.78. The second kappa shape index (κ2) is 17.9. The zero-order valence-corrected chi connectivity index (χ0v) is 28.5. The van der Waals surface area contributed by atoms with Gasteiger partial charge in [0.1, 0.15) is 37.1 Å². The van der Waals surface area contributed by atoms with Crippen LogP contribution in [0.15, 0.2) is 139 Å². The van der Waals surface area contributed by atoms with Gasteiger partial charge in [0.05, 0.1) is 17.9 Å². The van der Waals surface area contributed by atoms with Crippen molar-refractivity contribution in [2.45, 2.75) is 52.4 Å². The molecule has 252 valence electrons. The summed E-state index contributed by atoms with van der Waals surface area (Å²) >= 11 is 0. The number of ether oxygens (including phenoxy) is 3. The van der Waals surface area contributed by atoms with Gasteiger partial charge in [-0.25, -0.2) is 0 Å². The summed E-state index contributed by atoms with van der Waals surface area (Å²) in [6.07, 6.45) is 4.72. The first-order valence-electron chi connectivity index (χ1n) is 17.5. The largest absolute Gasteiger partial charge is 0.492 e. The maximum Gasteiger partial charge on any atom is 0.119 e. The number of anilines is 1. The van der Waals surface area contributed by atoms with Crippen LogP contribution < -0.4 is 19.2 Å². The molecule has 0 radical (unpaired) electrons. The normalized spacial score (nSPS) is 13.5. The fourth-order valence-corrected chi connectivity index (χ4v) is 5.94. The Morgan fingerprint density at radius 3 is 1.69 bits per heavy atom. The fraction of sp³-hybridized carbons (Fsp3) is 0.279. The van der Waals surface area contributed by atoms with E-state index in [1.807, 2.05) is 60.7 Å². The van der Waals surface area contributed by atoms with E-state index in [0.29, 0.717) is 26.4 Å². The number of piperidine rings is 1. The first-order valence-corrected chi connectivity index (χ1v) is 17.5. The molecule has 1 aliphatic rings. The molecule has 1 aliphatic heterocycles. The van der Waals surface area contributed by atoms with Crippen LogP contribution in [-0.4, -0.2) is 36.9 Å². The topological polar surface area (TPSA) is 46.5 Å². The predicted molar refractivity (Wildman–Crippen MR) is 200 cm³/mol. The minimum absolute atomic E-state index is 0.527. The van der Waals surface area contributed by atoms with Gasteiger partial charge in [-0.15, -0.1) is 0 Å². The Morgan fingerprint density at radius 1 is 0.592 bits per heavy atom. The monoisotopic (exact) mass is 653 g/mol. The molecule has 1 fully saturated rings. The zero-order chi connectivity index (χ0) is 33.5. The third-order valence-corrected chi connectivity index (χ3v) is 8.78. The summed E-state index contributed by atoms with van der Waals surface area (Å²) in [6, 6.07) is 45.3. The fourth-order valence-electron chi connectivity index (χ4n) is 5.94. The van der Waals surface area contributed by atoms with Crippen molar-refractivity contribution >= 4 is 11.4 Å². The van der Waals surface area contributed by atoms with Crippen LogP contribution in [0, 0.1) is 0 Å². The van der Waals surface area contributed by atoms with Gasteiger partial charge in [-0.2, -0.15) is 5.10 Å². The van der Waals surface area contributed by atoms with Crippen molar-refractivity contribution in [3.05, 3.63) is 156 Å². The minimum atomic E-state index is 0.527. The van der Waals surface area contributed by atoms with E-state index in [9.17, 15) is 0 Å². The maximum atomic E-state index is 6.11. The van der Waals surface area contributed by atoms with Crippen LogP contribution in [0.5, 0.6) is 17.2 Å². The zero-order valence-electron chi connectivity index (χ0n) is 28.5. The highest BCUT2D eigenvalue weighted by atomic mass is 16.5. The molecule has 0 aliphatic carbocycles. The molecule has 49 heavy (non-hydrogen) atoms. The highest BCUT2D eigenvalue weighted by molar-refractivity contribution is 6.01. The number of rotatable bonds is 16. The third kappa shape index (κ3) is 10.5. The molecular formula is C43H47N3O3. The van der Waals surface area contributed by atoms with E-state index in [1.165, 1.54) is 32.4 Å². The number of hydrazone groups is 1. The van der Waals surface area contributed by atoms with Crippen LogP contribution in [0.2, 0.25) is 0 Å². The number of benzene rings is 5. The smallest absolute Gasteiger partial charge is 0.119 e. The molecule has 1 saturated heterocycles. The van der Waals surface area contributed by atoms with Crippen LogP contribution in [0.4, 0.5) is 5.69 Å². The minimum Gasteiger partial charge on any atom is -0.492 e. The van der Waals surface area contributed by atoms with Gasteiger partial charge in [0.25, 0.3) is 0 Å². The molecule has 6 heteroatoms. The lowest BCUT2D eigenvalue weighted by molar-refractivity contribution is 0.183. The molecule has 0 spiro atoms. The van der Waals surface area contributed by atoms with Crippen LogP contribution in [-0.2, 0) is 19.8 Å². The number of nitrogens with zero attached hydrogens (tertiary/aromatic N) is 3. The molecule has 0 amide bonds. The molecule has 1 heterocycles. The molecule has 5 aromatic carbocycles. The van der Waals surface area contributed by atoms with Gasteiger partial charge in [-0.1, -0.05) is 86.1 Å².